The summed E-state index contributed by atoms with van der Waals surface area (Å²) in [7, 11) is 0. The third-order valence-electron chi connectivity index (χ3n) is 3.84. The molecule has 1 aliphatic heterocycles. The lowest BCUT2D eigenvalue weighted by Crippen LogP contribution is -2.20. The number of rotatable bonds is 2. The number of nitrogens with zero attached hydrogens (tertiary/aromatic N) is 3. The van der Waals surface area contributed by atoms with Gasteiger partial charge in [0.1, 0.15) is 18.2 Å². The van der Waals surface area contributed by atoms with Crippen LogP contribution < -0.4 is 5.32 Å². The molecule has 7 heteroatoms. The summed E-state index contributed by atoms with van der Waals surface area (Å²) in [6.07, 6.45) is 3.45. The molecule has 4 rings (SSSR count). The van der Waals surface area contributed by atoms with E-state index in [0.717, 1.165) is 16.8 Å². The minimum absolute atomic E-state index is 0.242. The summed E-state index contributed by atoms with van der Waals surface area (Å²) in [5.74, 6) is 0.309. The van der Waals surface area contributed by atoms with Gasteiger partial charge in [0, 0.05) is 15.7 Å². The molecule has 0 unspecified atom stereocenters. The Balaban J connectivity index is 1.83. The number of hydrogen-bond donors (Lipinski definition) is 1. The van der Waals surface area contributed by atoms with Gasteiger partial charge >= 0.3 is 0 Å². The van der Waals surface area contributed by atoms with Crippen LogP contribution in [-0.4, -0.2) is 14.8 Å². The summed E-state index contributed by atoms with van der Waals surface area (Å²) in [6, 6.07) is 11.4. The van der Waals surface area contributed by atoms with Gasteiger partial charge in [-0.2, -0.15) is 10.1 Å². The third kappa shape index (κ3) is 2.66. The van der Waals surface area contributed by atoms with Crippen LogP contribution in [0.1, 0.15) is 17.2 Å². The van der Waals surface area contributed by atoms with Gasteiger partial charge in [-0.1, -0.05) is 29.3 Å². The van der Waals surface area contributed by atoms with Crippen molar-refractivity contribution in [1.29, 1.82) is 0 Å². The summed E-state index contributed by atoms with van der Waals surface area (Å²) < 4.78 is 14.9. The van der Waals surface area contributed by atoms with Crippen molar-refractivity contribution >= 4 is 34.8 Å². The van der Waals surface area contributed by atoms with Crippen LogP contribution in [0.5, 0.6) is 0 Å². The first-order valence-corrected chi connectivity index (χ1v) is 7.96. The number of benzene rings is 2. The number of aromatic nitrogens is 3. The van der Waals surface area contributed by atoms with Gasteiger partial charge < -0.3 is 5.32 Å². The SMILES string of the molecule is Fc1ccc(C2=C[C@@H](c3ccc(Cl)cc3Cl)n3ncnc3N2)cc1. The Morgan fingerprint density at radius 2 is 1.88 bits per heavy atom. The molecular formula is C17H11Cl2FN4. The van der Waals surface area contributed by atoms with Crippen molar-refractivity contribution < 1.29 is 4.39 Å². The Bertz CT molecular complexity index is 934. The Morgan fingerprint density at radius 3 is 2.62 bits per heavy atom. The zero-order chi connectivity index (χ0) is 16.7. The molecule has 2 aromatic carbocycles. The van der Waals surface area contributed by atoms with Crippen molar-refractivity contribution in [3.05, 3.63) is 81.9 Å². The maximum atomic E-state index is 13.2. The van der Waals surface area contributed by atoms with Crippen LogP contribution in [0.2, 0.25) is 10.0 Å². The van der Waals surface area contributed by atoms with Crippen molar-refractivity contribution in [2.75, 3.05) is 5.32 Å². The first-order chi connectivity index (χ1) is 11.6. The van der Waals surface area contributed by atoms with Gasteiger partial charge in [0.25, 0.3) is 0 Å². The molecule has 1 N–H and O–H groups in total. The Hall–Kier alpha value is -2.37. The second-order valence-electron chi connectivity index (χ2n) is 5.35. The third-order valence-corrected chi connectivity index (χ3v) is 4.41. The van der Waals surface area contributed by atoms with Crippen molar-refractivity contribution in [2.45, 2.75) is 6.04 Å². The lowest BCUT2D eigenvalue weighted by molar-refractivity contribution is 0.612. The van der Waals surface area contributed by atoms with Gasteiger partial charge in [0.05, 0.1) is 0 Å². The lowest BCUT2D eigenvalue weighted by Gasteiger charge is -2.25. The van der Waals surface area contributed by atoms with Crippen LogP contribution in [0, 0.1) is 5.82 Å². The van der Waals surface area contributed by atoms with Crippen LogP contribution in [0.25, 0.3) is 5.70 Å². The Kier molecular flexibility index (Phi) is 3.75. The van der Waals surface area contributed by atoms with E-state index in [1.807, 2.05) is 12.1 Å². The first-order valence-electron chi connectivity index (χ1n) is 7.21. The summed E-state index contributed by atoms with van der Waals surface area (Å²) in [5, 5.41) is 8.58. The molecule has 0 fully saturated rings. The highest BCUT2D eigenvalue weighted by Gasteiger charge is 2.25. The molecule has 0 saturated heterocycles. The minimum atomic E-state index is -0.282. The van der Waals surface area contributed by atoms with E-state index in [1.54, 1.807) is 28.9 Å². The van der Waals surface area contributed by atoms with Gasteiger partial charge in [-0.05, 0) is 53.6 Å². The fourth-order valence-corrected chi connectivity index (χ4v) is 3.21. The molecule has 0 bridgehead atoms. The van der Waals surface area contributed by atoms with Crippen LogP contribution >= 0.6 is 23.2 Å². The topological polar surface area (TPSA) is 42.7 Å². The molecule has 0 radical (unpaired) electrons. The zero-order valence-electron chi connectivity index (χ0n) is 12.2. The predicted octanol–water partition coefficient (Wildman–Crippen LogP) is 4.78. The number of fused-ring (bicyclic) bond motifs is 1. The van der Waals surface area contributed by atoms with Crippen molar-refractivity contribution in [3.63, 3.8) is 0 Å². The second kappa shape index (κ2) is 5.92. The van der Waals surface area contributed by atoms with Crippen LogP contribution in [0.4, 0.5) is 10.3 Å². The average Bonchev–Trinajstić information content (AvgIpc) is 3.03. The summed E-state index contributed by atoms with van der Waals surface area (Å²) >= 11 is 12.4. The van der Waals surface area contributed by atoms with E-state index in [1.165, 1.54) is 18.5 Å². The molecule has 1 atom stereocenters. The molecule has 3 aromatic rings. The molecular weight excluding hydrogens is 350 g/mol. The normalized spacial score (nSPS) is 16.3. The molecule has 0 amide bonds. The predicted molar refractivity (Wildman–Crippen MR) is 92.6 cm³/mol. The molecule has 0 spiro atoms. The van der Waals surface area contributed by atoms with Crippen LogP contribution in [0.3, 0.4) is 0 Å². The zero-order valence-corrected chi connectivity index (χ0v) is 13.8. The van der Waals surface area contributed by atoms with E-state index in [-0.39, 0.29) is 11.9 Å². The van der Waals surface area contributed by atoms with Gasteiger partial charge in [-0.25, -0.2) is 9.07 Å². The average molecular weight is 361 g/mol. The Labute approximate surface area is 147 Å². The van der Waals surface area contributed by atoms with Crippen molar-refractivity contribution in [1.82, 2.24) is 14.8 Å². The number of anilines is 1. The molecule has 4 nitrogen and oxygen atoms in total. The molecule has 1 aliphatic rings. The fourth-order valence-electron chi connectivity index (χ4n) is 2.69. The standard InChI is InChI=1S/C17H11Cl2FN4/c18-11-3-6-13(14(19)7-11)16-8-15(10-1-4-12(20)5-2-10)23-17-21-9-22-24(16)17/h1-9,16H,(H,21,22,23)/t16-/m0/s1. The van der Waals surface area contributed by atoms with Crippen LogP contribution in [-0.2, 0) is 0 Å². The highest BCUT2D eigenvalue weighted by Crippen LogP contribution is 2.35. The van der Waals surface area contributed by atoms with Gasteiger partial charge in [0.15, 0.2) is 0 Å². The second-order valence-corrected chi connectivity index (χ2v) is 6.19. The maximum absolute atomic E-state index is 13.2. The summed E-state index contributed by atoms with van der Waals surface area (Å²) in [6.45, 7) is 0. The van der Waals surface area contributed by atoms with E-state index in [0.29, 0.717) is 16.0 Å². The lowest BCUT2D eigenvalue weighted by atomic mass is 10.0. The molecule has 1 aromatic heterocycles. The Morgan fingerprint density at radius 1 is 1.08 bits per heavy atom. The number of nitrogens with one attached hydrogen (secondary N) is 1. The molecule has 0 aliphatic carbocycles. The van der Waals surface area contributed by atoms with Crippen molar-refractivity contribution in [3.8, 4) is 0 Å². The highest BCUT2D eigenvalue weighted by molar-refractivity contribution is 6.35. The first kappa shape index (κ1) is 15.2. The van der Waals surface area contributed by atoms with E-state index < -0.39 is 0 Å². The van der Waals surface area contributed by atoms with Gasteiger partial charge in [-0.3, -0.25) is 0 Å². The minimum Gasteiger partial charge on any atom is -0.324 e. The molecule has 2 heterocycles. The van der Waals surface area contributed by atoms with Gasteiger partial charge in [-0.15, -0.1) is 0 Å². The molecule has 24 heavy (non-hydrogen) atoms. The van der Waals surface area contributed by atoms with E-state index in [2.05, 4.69) is 15.4 Å². The maximum Gasteiger partial charge on any atom is 0.226 e. The summed E-state index contributed by atoms with van der Waals surface area (Å²) in [5.41, 5.74) is 2.51. The quantitative estimate of drug-likeness (QED) is 0.714. The van der Waals surface area contributed by atoms with E-state index >= 15 is 0 Å². The van der Waals surface area contributed by atoms with Crippen LogP contribution in [0.15, 0.2) is 54.9 Å². The van der Waals surface area contributed by atoms with E-state index in [4.69, 9.17) is 23.2 Å². The van der Waals surface area contributed by atoms with Gasteiger partial charge in [0.2, 0.25) is 5.95 Å². The van der Waals surface area contributed by atoms with Crippen molar-refractivity contribution in [2.24, 2.45) is 0 Å². The number of allylic oxidation sites excluding steroid dienone is 1. The largest absolute Gasteiger partial charge is 0.324 e. The molecule has 0 saturated carbocycles. The smallest absolute Gasteiger partial charge is 0.226 e. The summed E-state index contributed by atoms with van der Waals surface area (Å²) in [4.78, 5) is 4.23. The number of halogens is 3. The highest BCUT2D eigenvalue weighted by atomic mass is 35.5. The molecule has 120 valence electrons. The monoisotopic (exact) mass is 360 g/mol. The number of hydrogen-bond acceptors (Lipinski definition) is 3. The van der Waals surface area contributed by atoms with E-state index in [9.17, 15) is 4.39 Å². The fraction of sp³-hybridized carbons (Fsp3) is 0.0588.